The zero-order chi connectivity index (χ0) is 13.3. The number of anilines is 1. The second-order valence-corrected chi connectivity index (χ2v) is 3.95. The molecule has 0 N–H and O–H groups in total. The topological polar surface area (TPSA) is 12.5 Å². The molecule has 1 aliphatic heterocycles. The minimum atomic E-state index is 0.472. The number of nitrogens with zero attached hydrogens (tertiary/aromatic N) is 1. The Morgan fingerprint density at radius 2 is 1.76 bits per heavy atom. The Morgan fingerprint density at radius 1 is 1.24 bits per heavy atom. The fraction of sp³-hybridized carbons (Fsp3) is 0.600. The van der Waals surface area contributed by atoms with E-state index in [1.54, 1.807) is 0 Å². The summed E-state index contributed by atoms with van der Waals surface area (Å²) in [5.41, 5.74) is 1.19. The lowest BCUT2D eigenvalue weighted by Gasteiger charge is -2.33. The van der Waals surface area contributed by atoms with Gasteiger partial charge in [0.1, 0.15) is 12.4 Å². The average Bonchev–Trinajstić information content (AvgIpc) is 2.38. The van der Waals surface area contributed by atoms with E-state index in [0.717, 1.165) is 12.4 Å². The van der Waals surface area contributed by atoms with Crippen LogP contribution in [0.4, 0.5) is 5.69 Å². The van der Waals surface area contributed by atoms with E-state index >= 15 is 0 Å². The first kappa shape index (κ1) is 15.8. The van der Waals surface area contributed by atoms with Gasteiger partial charge in [0.05, 0.1) is 11.7 Å². The van der Waals surface area contributed by atoms with Crippen molar-refractivity contribution in [1.82, 2.24) is 0 Å². The van der Waals surface area contributed by atoms with Gasteiger partial charge in [0, 0.05) is 7.05 Å². The Hall–Kier alpha value is -1.18. The molecular formula is C15H27NO. The summed E-state index contributed by atoms with van der Waals surface area (Å²) in [4.78, 5) is 2.25. The van der Waals surface area contributed by atoms with Crippen molar-refractivity contribution < 1.29 is 4.74 Å². The molecule has 2 heteroatoms. The highest BCUT2D eigenvalue weighted by Gasteiger charge is 2.19. The van der Waals surface area contributed by atoms with Crippen LogP contribution in [0, 0.1) is 0 Å². The van der Waals surface area contributed by atoms with E-state index in [9.17, 15) is 0 Å². The molecule has 0 amide bonds. The molecule has 0 fully saturated rings. The third-order valence-electron chi connectivity index (χ3n) is 2.39. The SMILES string of the molecule is CC.CC1COc2ccccc2N1C.CCC. The van der Waals surface area contributed by atoms with Crippen LogP contribution in [-0.4, -0.2) is 19.7 Å². The highest BCUT2D eigenvalue weighted by molar-refractivity contribution is 5.59. The van der Waals surface area contributed by atoms with Crippen LogP contribution >= 0.6 is 0 Å². The second kappa shape index (κ2) is 8.91. The van der Waals surface area contributed by atoms with Gasteiger partial charge in [-0.25, -0.2) is 0 Å². The Bertz CT molecular complexity index is 299. The van der Waals surface area contributed by atoms with Crippen molar-refractivity contribution >= 4 is 5.69 Å². The van der Waals surface area contributed by atoms with Crippen LogP contribution in [0.1, 0.15) is 41.0 Å². The smallest absolute Gasteiger partial charge is 0.142 e. The van der Waals surface area contributed by atoms with Gasteiger partial charge >= 0.3 is 0 Å². The van der Waals surface area contributed by atoms with Crippen LogP contribution < -0.4 is 9.64 Å². The maximum Gasteiger partial charge on any atom is 0.142 e. The summed E-state index contributed by atoms with van der Waals surface area (Å²) in [6, 6.07) is 8.61. The van der Waals surface area contributed by atoms with Crippen LogP contribution in [0.3, 0.4) is 0 Å². The van der Waals surface area contributed by atoms with Crippen molar-refractivity contribution in [1.29, 1.82) is 0 Å². The number of benzene rings is 1. The summed E-state index contributed by atoms with van der Waals surface area (Å²) >= 11 is 0. The summed E-state index contributed by atoms with van der Waals surface area (Å²) < 4.78 is 5.56. The van der Waals surface area contributed by atoms with Gasteiger partial charge in [0.15, 0.2) is 0 Å². The quantitative estimate of drug-likeness (QED) is 0.665. The van der Waals surface area contributed by atoms with Crippen molar-refractivity contribution in [2.24, 2.45) is 0 Å². The van der Waals surface area contributed by atoms with Crippen LogP contribution in [0.5, 0.6) is 5.75 Å². The van der Waals surface area contributed by atoms with Gasteiger partial charge in [0.25, 0.3) is 0 Å². The predicted octanol–water partition coefficient (Wildman–Crippen LogP) is 4.35. The molecule has 0 aromatic heterocycles. The molecule has 1 atom stereocenters. The van der Waals surface area contributed by atoms with Crippen molar-refractivity contribution in [2.75, 3.05) is 18.6 Å². The van der Waals surface area contributed by atoms with Crippen molar-refractivity contribution in [3.63, 3.8) is 0 Å². The van der Waals surface area contributed by atoms with Crippen molar-refractivity contribution in [2.45, 2.75) is 47.1 Å². The molecule has 1 aromatic rings. The van der Waals surface area contributed by atoms with Gasteiger partial charge in [-0.1, -0.05) is 46.2 Å². The number of hydrogen-bond acceptors (Lipinski definition) is 2. The summed E-state index contributed by atoms with van der Waals surface area (Å²) in [5.74, 6) is 0.998. The molecule has 1 aromatic carbocycles. The molecule has 98 valence electrons. The Kier molecular flexibility index (Phi) is 8.29. The van der Waals surface area contributed by atoms with Gasteiger partial charge < -0.3 is 9.64 Å². The van der Waals surface area contributed by atoms with E-state index in [0.29, 0.717) is 6.04 Å². The van der Waals surface area contributed by atoms with E-state index < -0.39 is 0 Å². The van der Waals surface area contributed by atoms with Crippen molar-refractivity contribution in [3.05, 3.63) is 24.3 Å². The Balaban J connectivity index is 0.000000450. The van der Waals surface area contributed by atoms with Gasteiger partial charge in [-0.15, -0.1) is 0 Å². The third kappa shape index (κ3) is 4.68. The number of para-hydroxylation sites is 2. The number of hydrogen-bond donors (Lipinski definition) is 0. The molecule has 1 unspecified atom stereocenters. The molecule has 1 heterocycles. The van der Waals surface area contributed by atoms with Gasteiger partial charge in [0.2, 0.25) is 0 Å². The van der Waals surface area contributed by atoms with Gasteiger partial charge in [-0.05, 0) is 19.1 Å². The lowest BCUT2D eigenvalue weighted by Crippen LogP contribution is -2.37. The third-order valence-corrected chi connectivity index (χ3v) is 2.39. The highest BCUT2D eigenvalue weighted by Crippen LogP contribution is 2.31. The first-order valence-electron chi connectivity index (χ1n) is 6.65. The standard InChI is InChI=1S/C10H13NO.C3H8.C2H6/c1-8-7-12-10-6-4-3-5-9(10)11(8)2;1-3-2;1-2/h3-6,8H,7H2,1-2H3;3H2,1-2H3;1-2H3. The molecular weight excluding hydrogens is 210 g/mol. The van der Waals surface area contributed by atoms with Gasteiger partial charge in [-0.3, -0.25) is 0 Å². The van der Waals surface area contributed by atoms with E-state index in [-0.39, 0.29) is 0 Å². The fourth-order valence-corrected chi connectivity index (χ4v) is 1.43. The summed E-state index contributed by atoms with van der Waals surface area (Å²) in [5, 5.41) is 0. The summed E-state index contributed by atoms with van der Waals surface area (Å²) in [7, 11) is 2.10. The molecule has 2 nitrogen and oxygen atoms in total. The molecule has 17 heavy (non-hydrogen) atoms. The zero-order valence-corrected chi connectivity index (χ0v) is 12.2. The van der Waals surface area contributed by atoms with E-state index in [1.165, 1.54) is 12.1 Å². The van der Waals surface area contributed by atoms with Crippen LogP contribution in [0.15, 0.2) is 24.3 Å². The number of rotatable bonds is 0. The number of fused-ring (bicyclic) bond motifs is 1. The maximum atomic E-state index is 5.56. The van der Waals surface area contributed by atoms with E-state index in [1.807, 2.05) is 32.0 Å². The number of ether oxygens (including phenoxy) is 1. The summed E-state index contributed by atoms with van der Waals surface area (Å²) in [6.45, 7) is 11.2. The molecule has 0 aliphatic carbocycles. The number of likely N-dealkylation sites (N-methyl/N-ethyl adjacent to an activating group) is 1. The Labute approximate surface area is 107 Å². The maximum absolute atomic E-state index is 5.56. The van der Waals surface area contributed by atoms with Crippen LogP contribution in [0.25, 0.3) is 0 Å². The molecule has 0 radical (unpaired) electrons. The second-order valence-electron chi connectivity index (χ2n) is 3.95. The van der Waals surface area contributed by atoms with E-state index in [2.05, 4.69) is 38.8 Å². The lowest BCUT2D eigenvalue weighted by atomic mass is 10.2. The van der Waals surface area contributed by atoms with E-state index in [4.69, 9.17) is 4.74 Å². The minimum Gasteiger partial charge on any atom is -0.489 e. The molecule has 0 saturated carbocycles. The molecule has 0 saturated heterocycles. The van der Waals surface area contributed by atoms with Crippen LogP contribution in [0.2, 0.25) is 0 Å². The minimum absolute atomic E-state index is 0.472. The first-order chi connectivity index (χ1) is 8.20. The fourth-order valence-electron chi connectivity index (χ4n) is 1.43. The highest BCUT2D eigenvalue weighted by atomic mass is 16.5. The average molecular weight is 237 g/mol. The molecule has 1 aliphatic rings. The monoisotopic (exact) mass is 237 g/mol. The molecule has 0 spiro atoms. The Morgan fingerprint density at radius 3 is 2.35 bits per heavy atom. The lowest BCUT2D eigenvalue weighted by molar-refractivity contribution is 0.275. The summed E-state index contributed by atoms with van der Waals surface area (Å²) in [6.07, 6.45) is 1.25. The molecule has 0 bridgehead atoms. The predicted molar refractivity (Wildman–Crippen MR) is 77.1 cm³/mol. The normalized spacial score (nSPS) is 16.6. The van der Waals surface area contributed by atoms with Gasteiger partial charge in [-0.2, -0.15) is 0 Å². The zero-order valence-electron chi connectivity index (χ0n) is 12.2. The first-order valence-corrected chi connectivity index (χ1v) is 6.65. The largest absolute Gasteiger partial charge is 0.489 e. The molecule has 2 rings (SSSR count). The van der Waals surface area contributed by atoms with Crippen molar-refractivity contribution in [3.8, 4) is 5.75 Å². The van der Waals surface area contributed by atoms with Crippen LogP contribution in [-0.2, 0) is 0 Å².